The molecule has 0 aliphatic heterocycles. The molecule has 3 heteroatoms. The van der Waals surface area contributed by atoms with E-state index in [1.165, 1.54) is 28.6 Å². The maximum absolute atomic E-state index is 6.27. The van der Waals surface area contributed by atoms with Crippen LogP contribution in [-0.4, -0.2) is 4.57 Å². The molecule has 0 radical (unpaired) electrons. The molecular weight excluding hydrogens is 232 g/mol. The van der Waals surface area contributed by atoms with E-state index >= 15 is 0 Å². The predicted molar refractivity (Wildman–Crippen MR) is 72.5 cm³/mol. The van der Waals surface area contributed by atoms with Gasteiger partial charge in [-0.05, 0) is 43.4 Å². The highest BCUT2D eigenvalue weighted by molar-refractivity contribution is 6.32. The Kier molecular flexibility index (Phi) is 2.46. The fourth-order valence-electron chi connectivity index (χ4n) is 3.15. The van der Waals surface area contributed by atoms with Gasteiger partial charge in [0.2, 0.25) is 0 Å². The molecule has 1 aliphatic rings. The lowest BCUT2D eigenvalue weighted by molar-refractivity contribution is 0.557. The van der Waals surface area contributed by atoms with Crippen LogP contribution in [-0.2, 0) is 13.5 Å². The topological polar surface area (TPSA) is 30.9 Å². The molecule has 1 unspecified atom stereocenters. The second kappa shape index (κ2) is 3.76. The minimum Gasteiger partial charge on any atom is -0.347 e. The molecule has 0 spiro atoms. The van der Waals surface area contributed by atoms with Gasteiger partial charge in [0.05, 0.1) is 5.52 Å². The van der Waals surface area contributed by atoms with Gasteiger partial charge in [-0.2, -0.15) is 0 Å². The number of nitrogens with two attached hydrogens (primary N) is 1. The van der Waals surface area contributed by atoms with E-state index < -0.39 is 0 Å². The molecule has 1 atom stereocenters. The van der Waals surface area contributed by atoms with Gasteiger partial charge in [0.1, 0.15) is 0 Å². The Labute approximate surface area is 106 Å². The summed E-state index contributed by atoms with van der Waals surface area (Å²) < 4.78 is 2.28. The number of rotatable bonds is 0. The average Bonchev–Trinajstić information content (AvgIpc) is 2.60. The summed E-state index contributed by atoms with van der Waals surface area (Å²) in [7, 11) is 2.13. The zero-order valence-electron chi connectivity index (χ0n) is 10.3. The molecule has 1 aromatic heterocycles. The van der Waals surface area contributed by atoms with Crippen molar-refractivity contribution in [3.8, 4) is 0 Å². The van der Waals surface area contributed by atoms with Crippen LogP contribution < -0.4 is 5.73 Å². The van der Waals surface area contributed by atoms with Crippen LogP contribution in [0.5, 0.6) is 0 Å². The van der Waals surface area contributed by atoms with Crippen LogP contribution in [0.1, 0.15) is 35.7 Å². The molecule has 17 heavy (non-hydrogen) atoms. The predicted octanol–water partition coefficient (Wildman–Crippen LogP) is 3.48. The van der Waals surface area contributed by atoms with Crippen molar-refractivity contribution in [1.82, 2.24) is 4.57 Å². The van der Waals surface area contributed by atoms with E-state index in [-0.39, 0.29) is 6.04 Å². The molecular formula is C14H17ClN2. The Morgan fingerprint density at radius 3 is 2.94 bits per heavy atom. The van der Waals surface area contributed by atoms with Crippen molar-refractivity contribution in [3.63, 3.8) is 0 Å². The smallest absolute Gasteiger partial charge is 0.0528 e. The number of fused-ring (bicyclic) bond motifs is 3. The fraction of sp³-hybridized carbons (Fsp3) is 0.429. The number of aryl methyl sites for hydroxylation is 2. The van der Waals surface area contributed by atoms with E-state index in [1.54, 1.807) is 0 Å². The van der Waals surface area contributed by atoms with Gasteiger partial charge < -0.3 is 10.3 Å². The normalized spacial score (nSPS) is 19.6. The molecule has 1 heterocycles. The Hall–Kier alpha value is -0.990. The van der Waals surface area contributed by atoms with Gasteiger partial charge in [-0.15, -0.1) is 0 Å². The standard InChI is InChI=1S/C14H17ClN2/c1-8-10(15)7-6-9-13-11(16)4-3-5-12(13)17(2)14(8)9/h6-7,11H,3-5,16H2,1-2H3. The van der Waals surface area contributed by atoms with Crippen molar-refractivity contribution < 1.29 is 0 Å². The zero-order chi connectivity index (χ0) is 12.2. The van der Waals surface area contributed by atoms with Crippen molar-refractivity contribution in [2.75, 3.05) is 0 Å². The van der Waals surface area contributed by atoms with Gasteiger partial charge >= 0.3 is 0 Å². The van der Waals surface area contributed by atoms with Crippen LogP contribution >= 0.6 is 11.6 Å². The lowest BCUT2D eigenvalue weighted by Gasteiger charge is -2.20. The quantitative estimate of drug-likeness (QED) is 0.760. The van der Waals surface area contributed by atoms with Gasteiger partial charge in [-0.1, -0.05) is 17.7 Å². The van der Waals surface area contributed by atoms with E-state index in [4.69, 9.17) is 17.3 Å². The molecule has 2 aromatic rings. The Morgan fingerprint density at radius 1 is 1.41 bits per heavy atom. The van der Waals surface area contributed by atoms with Crippen LogP contribution in [0.25, 0.3) is 10.9 Å². The van der Waals surface area contributed by atoms with E-state index in [9.17, 15) is 0 Å². The summed E-state index contributed by atoms with van der Waals surface area (Å²) in [6, 6.07) is 4.29. The number of halogens is 1. The lowest BCUT2D eigenvalue weighted by atomic mass is 9.91. The molecule has 3 rings (SSSR count). The second-order valence-electron chi connectivity index (χ2n) is 4.99. The zero-order valence-corrected chi connectivity index (χ0v) is 11.0. The first-order valence-corrected chi connectivity index (χ1v) is 6.51. The molecule has 0 saturated heterocycles. The van der Waals surface area contributed by atoms with Crippen LogP contribution in [0.3, 0.4) is 0 Å². The minimum atomic E-state index is 0.183. The first-order valence-electron chi connectivity index (χ1n) is 6.13. The first kappa shape index (κ1) is 11.1. The van der Waals surface area contributed by atoms with E-state index in [1.807, 2.05) is 6.07 Å². The van der Waals surface area contributed by atoms with Crippen molar-refractivity contribution in [2.24, 2.45) is 12.8 Å². The minimum absolute atomic E-state index is 0.183. The number of nitrogens with zero attached hydrogens (tertiary/aromatic N) is 1. The third-order valence-corrected chi connectivity index (χ3v) is 4.42. The first-order chi connectivity index (χ1) is 8.11. The largest absolute Gasteiger partial charge is 0.347 e. The highest BCUT2D eigenvalue weighted by Crippen LogP contribution is 2.38. The average molecular weight is 249 g/mol. The molecule has 2 nitrogen and oxygen atoms in total. The Balaban J connectivity index is 2.45. The van der Waals surface area contributed by atoms with Gasteiger partial charge in [0.25, 0.3) is 0 Å². The molecule has 1 aliphatic carbocycles. The number of hydrogen-bond acceptors (Lipinski definition) is 1. The molecule has 90 valence electrons. The fourth-order valence-corrected chi connectivity index (χ4v) is 3.30. The Morgan fingerprint density at radius 2 is 2.18 bits per heavy atom. The lowest BCUT2D eigenvalue weighted by Crippen LogP contribution is -2.17. The van der Waals surface area contributed by atoms with Gasteiger partial charge in [0, 0.05) is 29.2 Å². The van der Waals surface area contributed by atoms with E-state index in [0.29, 0.717) is 0 Å². The molecule has 0 amide bonds. The van der Waals surface area contributed by atoms with Gasteiger partial charge in [-0.3, -0.25) is 0 Å². The molecule has 0 saturated carbocycles. The second-order valence-corrected chi connectivity index (χ2v) is 5.39. The number of benzene rings is 1. The molecule has 2 N–H and O–H groups in total. The summed E-state index contributed by atoms with van der Waals surface area (Å²) in [5, 5.41) is 2.13. The summed E-state index contributed by atoms with van der Waals surface area (Å²) in [6.07, 6.45) is 3.41. The van der Waals surface area contributed by atoms with Gasteiger partial charge in [-0.25, -0.2) is 0 Å². The highest BCUT2D eigenvalue weighted by Gasteiger charge is 2.24. The number of aromatic nitrogens is 1. The maximum Gasteiger partial charge on any atom is 0.0528 e. The summed E-state index contributed by atoms with van der Waals surface area (Å²) in [4.78, 5) is 0. The Bertz CT molecular complexity index is 598. The summed E-state index contributed by atoms with van der Waals surface area (Å²) >= 11 is 6.22. The molecule has 0 fully saturated rings. The monoisotopic (exact) mass is 248 g/mol. The molecule has 0 bridgehead atoms. The van der Waals surface area contributed by atoms with Crippen LogP contribution in [0.4, 0.5) is 0 Å². The summed E-state index contributed by atoms with van der Waals surface area (Å²) in [5.41, 5.74) is 11.4. The third-order valence-electron chi connectivity index (χ3n) is 4.01. The molecule has 1 aromatic carbocycles. The number of hydrogen-bond donors (Lipinski definition) is 1. The summed E-state index contributed by atoms with van der Waals surface area (Å²) in [6.45, 7) is 2.08. The van der Waals surface area contributed by atoms with Crippen LogP contribution in [0.15, 0.2) is 12.1 Å². The van der Waals surface area contributed by atoms with Crippen LogP contribution in [0, 0.1) is 6.92 Å². The van der Waals surface area contributed by atoms with Crippen molar-refractivity contribution in [2.45, 2.75) is 32.2 Å². The van der Waals surface area contributed by atoms with E-state index in [2.05, 4.69) is 24.6 Å². The third kappa shape index (κ3) is 1.44. The summed E-state index contributed by atoms with van der Waals surface area (Å²) in [5.74, 6) is 0. The maximum atomic E-state index is 6.27. The van der Waals surface area contributed by atoms with Crippen molar-refractivity contribution >= 4 is 22.5 Å². The van der Waals surface area contributed by atoms with E-state index in [0.717, 1.165) is 23.4 Å². The van der Waals surface area contributed by atoms with Crippen LogP contribution in [0.2, 0.25) is 5.02 Å². The van der Waals surface area contributed by atoms with Crippen molar-refractivity contribution in [3.05, 3.63) is 34.0 Å². The van der Waals surface area contributed by atoms with Crippen molar-refractivity contribution in [1.29, 1.82) is 0 Å². The highest BCUT2D eigenvalue weighted by atomic mass is 35.5. The van der Waals surface area contributed by atoms with Gasteiger partial charge in [0.15, 0.2) is 0 Å². The SMILES string of the molecule is Cc1c(Cl)ccc2c3c(n(C)c12)CCCC3N.